The number of alkyl halides is 2. The van der Waals surface area contributed by atoms with Crippen molar-refractivity contribution in [3.63, 3.8) is 0 Å². The van der Waals surface area contributed by atoms with Crippen molar-refractivity contribution in [3.8, 4) is 5.75 Å². The Morgan fingerprint density at radius 3 is 2.71 bits per heavy atom. The van der Waals surface area contributed by atoms with Gasteiger partial charge in [-0.25, -0.2) is 0 Å². The van der Waals surface area contributed by atoms with Gasteiger partial charge >= 0.3 is 6.61 Å². The number of benzene rings is 1. The number of hydrogen-bond donors (Lipinski definition) is 2. The zero-order valence-electron chi connectivity index (χ0n) is 18.3. The van der Waals surface area contributed by atoms with Gasteiger partial charge < -0.3 is 25.0 Å². The van der Waals surface area contributed by atoms with Crippen LogP contribution >= 0.6 is 0 Å². The number of halogens is 2. The highest BCUT2D eigenvalue weighted by atomic mass is 19.3. The molecule has 2 N–H and O–H groups in total. The summed E-state index contributed by atoms with van der Waals surface area (Å²) in [7, 11) is 1.35. The van der Waals surface area contributed by atoms with E-state index >= 15 is 0 Å². The summed E-state index contributed by atoms with van der Waals surface area (Å²) in [6.07, 6.45) is 1.48. The molecule has 1 aromatic carbocycles. The van der Waals surface area contributed by atoms with Gasteiger partial charge in [0.05, 0.1) is 0 Å². The summed E-state index contributed by atoms with van der Waals surface area (Å²) in [5, 5.41) is 22.2. The largest absolute Gasteiger partial charge is 0.435 e. The van der Waals surface area contributed by atoms with E-state index in [1.54, 1.807) is 24.4 Å². The molecule has 1 aliphatic rings. The Labute approximate surface area is 194 Å². The molecule has 2 aromatic heterocycles. The van der Waals surface area contributed by atoms with Crippen molar-refractivity contribution >= 4 is 23.4 Å². The van der Waals surface area contributed by atoms with Crippen molar-refractivity contribution in [1.29, 1.82) is 0 Å². The lowest BCUT2D eigenvalue weighted by Crippen LogP contribution is -2.27. The molecule has 12 heteroatoms. The highest BCUT2D eigenvalue weighted by molar-refractivity contribution is 5.94. The summed E-state index contributed by atoms with van der Waals surface area (Å²) in [5.74, 6) is 1.06. The Kier molecular flexibility index (Phi) is 7.38. The molecule has 0 unspecified atom stereocenters. The van der Waals surface area contributed by atoms with Crippen molar-refractivity contribution in [2.75, 3.05) is 35.7 Å². The number of rotatable bonds is 9. The average Bonchev–Trinajstić information content (AvgIpc) is 3.29. The van der Waals surface area contributed by atoms with Crippen molar-refractivity contribution in [1.82, 2.24) is 20.4 Å². The molecule has 0 bridgehead atoms. The maximum Gasteiger partial charge on any atom is 0.387 e. The fraction of sp³-hybridized carbons (Fsp3) is 0.318. The SMILES string of the molecule is CO[C@@H](C(=O)Nc1ccc(N2CC[C@@H](Nc3cccnn3)C2)nn1)c1cccc(OC(F)F)c1. The molecule has 1 aliphatic heterocycles. The van der Waals surface area contributed by atoms with E-state index in [1.165, 1.54) is 25.3 Å². The minimum atomic E-state index is -2.97. The van der Waals surface area contributed by atoms with Crippen molar-refractivity contribution in [2.24, 2.45) is 0 Å². The van der Waals surface area contributed by atoms with E-state index in [4.69, 9.17) is 4.74 Å². The fourth-order valence-electron chi connectivity index (χ4n) is 3.67. The molecule has 0 aliphatic carbocycles. The number of ether oxygens (including phenoxy) is 2. The van der Waals surface area contributed by atoms with Crippen LogP contribution in [-0.4, -0.2) is 59.2 Å². The topological polar surface area (TPSA) is 114 Å². The number of nitrogens with zero attached hydrogens (tertiary/aromatic N) is 5. The number of carbonyl (C=O) groups is 1. The van der Waals surface area contributed by atoms with E-state index in [-0.39, 0.29) is 17.6 Å². The summed E-state index contributed by atoms with van der Waals surface area (Å²) >= 11 is 0. The lowest BCUT2D eigenvalue weighted by atomic mass is 10.1. The first-order valence-electron chi connectivity index (χ1n) is 10.5. The number of methoxy groups -OCH3 is 1. The molecule has 34 heavy (non-hydrogen) atoms. The van der Waals surface area contributed by atoms with Gasteiger partial charge in [0, 0.05) is 32.4 Å². The minimum absolute atomic E-state index is 0.0655. The molecule has 1 saturated heterocycles. The molecule has 4 rings (SSSR count). The summed E-state index contributed by atoms with van der Waals surface area (Å²) in [6.45, 7) is -1.45. The minimum Gasteiger partial charge on any atom is -0.435 e. The number of anilines is 3. The fourth-order valence-corrected chi connectivity index (χ4v) is 3.67. The standard InChI is InChI=1S/C22H23F2N7O3/c1-33-20(14-4-2-5-16(12-14)34-22(23)24)21(32)27-18-7-8-19(30-29-18)31-11-9-15(13-31)26-17-6-3-10-25-28-17/h2-8,10,12,15,20,22H,9,11,13H2,1H3,(H,26,28)(H,27,29,32)/t15-,20-/m1/s1. The highest BCUT2D eigenvalue weighted by Gasteiger charge is 2.25. The third-order valence-corrected chi connectivity index (χ3v) is 5.20. The zero-order chi connectivity index (χ0) is 23.9. The molecular weight excluding hydrogens is 448 g/mol. The van der Waals surface area contributed by atoms with Gasteiger partial charge in [-0.3, -0.25) is 4.79 Å². The molecule has 3 heterocycles. The summed E-state index contributed by atoms with van der Waals surface area (Å²) < 4.78 is 34.6. The number of amides is 1. The Bertz CT molecular complexity index is 1090. The van der Waals surface area contributed by atoms with Gasteiger partial charge in [0.2, 0.25) is 0 Å². The second-order valence-electron chi connectivity index (χ2n) is 7.52. The molecule has 2 atom stereocenters. The number of aromatic nitrogens is 4. The van der Waals surface area contributed by atoms with Gasteiger partial charge in [0.1, 0.15) is 11.6 Å². The molecule has 0 spiro atoms. The van der Waals surface area contributed by atoms with Crippen molar-refractivity contribution < 1.29 is 23.0 Å². The third-order valence-electron chi connectivity index (χ3n) is 5.20. The molecule has 0 radical (unpaired) electrons. The third kappa shape index (κ3) is 5.90. The maximum atomic E-state index is 12.7. The van der Waals surface area contributed by atoms with Gasteiger partial charge in [0.15, 0.2) is 17.7 Å². The van der Waals surface area contributed by atoms with Crippen LogP contribution in [0.15, 0.2) is 54.7 Å². The van der Waals surface area contributed by atoms with Crippen molar-refractivity contribution in [2.45, 2.75) is 25.2 Å². The average molecular weight is 471 g/mol. The molecule has 10 nitrogen and oxygen atoms in total. The zero-order valence-corrected chi connectivity index (χ0v) is 18.3. The predicted octanol–water partition coefficient (Wildman–Crippen LogP) is 2.89. The number of hydrogen-bond acceptors (Lipinski definition) is 9. The van der Waals surface area contributed by atoms with Gasteiger partial charge in [-0.1, -0.05) is 12.1 Å². The van der Waals surface area contributed by atoms with E-state index in [2.05, 4.69) is 40.7 Å². The van der Waals surface area contributed by atoms with E-state index in [9.17, 15) is 13.6 Å². The summed E-state index contributed by atoms with van der Waals surface area (Å²) in [6, 6.07) is 13.1. The van der Waals surface area contributed by atoms with E-state index in [0.717, 1.165) is 25.3 Å². The molecule has 178 valence electrons. The van der Waals surface area contributed by atoms with Crippen LogP contribution in [0.1, 0.15) is 18.1 Å². The predicted molar refractivity (Wildman–Crippen MR) is 120 cm³/mol. The quantitative estimate of drug-likeness (QED) is 0.486. The molecule has 0 saturated carbocycles. The van der Waals surface area contributed by atoms with E-state index < -0.39 is 18.6 Å². The number of nitrogens with one attached hydrogen (secondary N) is 2. The molecular formula is C22H23F2N7O3. The van der Waals surface area contributed by atoms with Gasteiger partial charge in [-0.2, -0.15) is 13.9 Å². The van der Waals surface area contributed by atoms with Crippen LogP contribution in [0.2, 0.25) is 0 Å². The van der Waals surface area contributed by atoms with Crippen LogP contribution in [0.3, 0.4) is 0 Å². The van der Waals surface area contributed by atoms with Crippen LogP contribution in [-0.2, 0) is 9.53 Å². The van der Waals surface area contributed by atoms with Crippen LogP contribution < -0.4 is 20.3 Å². The number of carbonyl (C=O) groups excluding carboxylic acids is 1. The Hall–Kier alpha value is -3.93. The van der Waals surface area contributed by atoms with Crippen LogP contribution in [0, 0.1) is 0 Å². The highest BCUT2D eigenvalue weighted by Crippen LogP contribution is 2.25. The first-order chi connectivity index (χ1) is 16.5. The second kappa shape index (κ2) is 10.8. The molecule has 1 fully saturated rings. The lowest BCUT2D eigenvalue weighted by Gasteiger charge is -2.18. The summed E-state index contributed by atoms with van der Waals surface area (Å²) in [4.78, 5) is 14.8. The second-order valence-corrected chi connectivity index (χ2v) is 7.52. The van der Waals surface area contributed by atoms with Crippen LogP contribution in [0.5, 0.6) is 5.75 Å². The maximum absolute atomic E-state index is 12.7. The summed E-state index contributed by atoms with van der Waals surface area (Å²) in [5.41, 5.74) is 0.362. The Morgan fingerprint density at radius 2 is 2.00 bits per heavy atom. The lowest BCUT2D eigenvalue weighted by molar-refractivity contribution is -0.126. The van der Waals surface area contributed by atoms with E-state index in [0.29, 0.717) is 11.4 Å². The molecule has 1 amide bonds. The van der Waals surface area contributed by atoms with Crippen molar-refractivity contribution in [3.05, 3.63) is 60.3 Å². The Morgan fingerprint density at radius 1 is 1.12 bits per heavy atom. The molecule has 3 aromatic rings. The van der Waals surface area contributed by atoms with Gasteiger partial charge in [0.25, 0.3) is 5.91 Å². The van der Waals surface area contributed by atoms with Gasteiger partial charge in [-0.15, -0.1) is 15.3 Å². The van der Waals surface area contributed by atoms with Crippen LogP contribution in [0.4, 0.5) is 26.2 Å². The monoisotopic (exact) mass is 471 g/mol. The first-order valence-corrected chi connectivity index (χ1v) is 10.5. The normalized spacial score (nSPS) is 16.4. The van der Waals surface area contributed by atoms with E-state index in [1.807, 2.05) is 12.1 Å². The Balaban J connectivity index is 1.35. The van der Waals surface area contributed by atoms with Gasteiger partial charge in [-0.05, 0) is 48.4 Å². The smallest absolute Gasteiger partial charge is 0.387 e. The van der Waals surface area contributed by atoms with Crippen LogP contribution in [0.25, 0.3) is 0 Å². The first kappa shape index (κ1) is 23.2.